The van der Waals surface area contributed by atoms with Gasteiger partial charge >= 0.3 is 6.03 Å². The third kappa shape index (κ3) is 3.39. The van der Waals surface area contributed by atoms with Crippen molar-refractivity contribution in [2.75, 3.05) is 19.6 Å². The molecule has 1 unspecified atom stereocenters. The minimum atomic E-state index is -0.714. The van der Waals surface area contributed by atoms with Gasteiger partial charge in [0.15, 0.2) is 11.9 Å². The SMILES string of the molecule is Cc1nnc2n1CCN(C(=O)NCc1ccccc1)C2C(=O)N1CCCC1. The van der Waals surface area contributed by atoms with E-state index in [0.717, 1.165) is 37.3 Å². The summed E-state index contributed by atoms with van der Waals surface area (Å²) in [5.74, 6) is 1.27. The molecule has 2 aromatic rings. The number of rotatable bonds is 3. The maximum Gasteiger partial charge on any atom is 0.318 e. The number of nitrogens with zero attached hydrogens (tertiary/aromatic N) is 5. The number of hydrogen-bond donors (Lipinski definition) is 1. The highest BCUT2D eigenvalue weighted by Gasteiger charge is 2.41. The lowest BCUT2D eigenvalue weighted by atomic mass is 10.1. The van der Waals surface area contributed by atoms with Crippen LogP contribution in [-0.2, 0) is 17.9 Å². The minimum absolute atomic E-state index is 0.0595. The van der Waals surface area contributed by atoms with E-state index < -0.39 is 6.04 Å². The van der Waals surface area contributed by atoms with Crippen LogP contribution in [0.4, 0.5) is 4.79 Å². The Labute approximate surface area is 158 Å². The molecule has 3 amide bonds. The van der Waals surface area contributed by atoms with Crippen molar-refractivity contribution in [2.45, 2.75) is 38.9 Å². The van der Waals surface area contributed by atoms with Gasteiger partial charge in [-0.3, -0.25) is 4.79 Å². The molecule has 0 aliphatic carbocycles. The highest BCUT2D eigenvalue weighted by Crippen LogP contribution is 2.28. The number of nitrogens with one attached hydrogen (secondary N) is 1. The molecule has 1 aromatic heterocycles. The number of hydrogen-bond acceptors (Lipinski definition) is 4. The fourth-order valence-electron chi connectivity index (χ4n) is 3.80. The molecule has 2 aliphatic heterocycles. The predicted molar refractivity (Wildman–Crippen MR) is 98.7 cm³/mol. The first-order valence-electron chi connectivity index (χ1n) is 9.42. The highest BCUT2D eigenvalue weighted by atomic mass is 16.2. The summed E-state index contributed by atoms with van der Waals surface area (Å²) in [6, 6.07) is 8.78. The number of aromatic nitrogens is 3. The second kappa shape index (κ2) is 7.38. The number of benzene rings is 1. The molecule has 1 N–H and O–H groups in total. The topological polar surface area (TPSA) is 83.4 Å². The first kappa shape index (κ1) is 17.5. The third-order valence-corrected chi connectivity index (χ3v) is 5.28. The van der Waals surface area contributed by atoms with Crippen LogP contribution in [0.1, 0.15) is 36.1 Å². The van der Waals surface area contributed by atoms with Crippen LogP contribution in [0, 0.1) is 6.92 Å². The molecule has 0 spiro atoms. The van der Waals surface area contributed by atoms with Crippen LogP contribution in [0.5, 0.6) is 0 Å². The zero-order valence-corrected chi connectivity index (χ0v) is 15.5. The van der Waals surface area contributed by atoms with Crippen LogP contribution in [0.3, 0.4) is 0 Å². The second-order valence-corrected chi connectivity index (χ2v) is 7.03. The average molecular weight is 368 g/mol. The van der Waals surface area contributed by atoms with E-state index in [1.54, 1.807) is 4.90 Å². The number of carbonyl (C=O) groups excluding carboxylic acids is 2. The standard InChI is InChI=1S/C19H24N6O2/c1-14-21-22-17-16(18(26)23-9-5-6-10-23)25(12-11-24(14)17)19(27)20-13-15-7-3-2-4-8-15/h2-4,7-8,16H,5-6,9-13H2,1H3,(H,20,27). The van der Waals surface area contributed by atoms with Crippen LogP contribution in [-0.4, -0.2) is 56.1 Å². The van der Waals surface area contributed by atoms with Crippen LogP contribution < -0.4 is 5.32 Å². The Morgan fingerprint density at radius 1 is 1.07 bits per heavy atom. The van der Waals surface area contributed by atoms with Crippen LogP contribution in [0.25, 0.3) is 0 Å². The quantitative estimate of drug-likeness (QED) is 0.889. The van der Waals surface area contributed by atoms with Gasteiger partial charge in [-0.05, 0) is 25.3 Å². The fraction of sp³-hybridized carbons (Fsp3) is 0.474. The van der Waals surface area contributed by atoms with Crippen molar-refractivity contribution < 1.29 is 9.59 Å². The Kier molecular flexibility index (Phi) is 4.79. The molecule has 0 radical (unpaired) electrons. The highest BCUT2D eigenvalue weighted by molar-refractivity contribution is 5.88. The van der Waals surface area contributed by atoms with E-state index in [0.29, 0.717) is 25.5 Å². The van der Waals surface area contributed by atoms with E-state index >= 15 is 0 Å². The van der Waals surface area contributed by atoms with Crippen molar-refractivity contribution >= 4 is 11.9 Å². The number of carbonyl (C=O) groups is 2. The van der Waals surface area contributed by atoms with Gasteiger partial charge in [-0.1, -0.05) is 30.3 Å². The van der Waals surface area contributed by atoms with Crippen LogP contribution in [0.2, 0.25) is 0 Å². The summed E-state index contributed by atoms with van der Waals surface area (Å²) in [6.07, 6.45) is 2.01. The first-order chi connectivity index (χ1) is 13.1. The van der Waals surface area contributed by atoms with Gasteiger partial charge < -0.3 is 19.7 Å². The molecule has 27 heavy (non-hydrogen) atoms. The Balaban J connectivity index is 1.56. The molecule has 142 valence electrons. The molecule has 8 nitrogen and oxygen atoms in total. The number of aryl methyl sites for hydroxylation is 1. The molecular formula is C19H24N6O2. The van der Waals surface area contributed by atoms with E-state index in [-0.39, 0.29) is 11.9 Å². The average Bonchev–Trinajstić information content (AvgIpc) is 3.36. The lowest BCUT2D eigenvalue weighted by molar-refractivity contribution is -0.136. The summed E-state index contributed by atoms with van der Waals surface area (Å²) in [5, 5.41) is 11.3. The number of fused-ring (bicyclic) bond motifs is 1. The zero-order valence-electron chi connectivity index (χ0n) is 15.5. The zero-order chi connectivity index (χ0) is 18.8. The summed E-state index contributed by atoms with van der Waals surface area (Å²) in [5.41, 5.74) is 1.02. The van der Waals surface area contributed by atoms with Gasteiger partial charge in [0.25, 0.3) is 5.91 Å². The van der Waals surface area contributed by atoms with Crippen LogP contribution in [0.15, 0.2) is 30.3 Å². The molecular weight excluding hydrogens is 344 g/mol. The summed E-state index contributed by atoms with van der Waals surface area (Å²) < 4.78 is 1.94. The molecule has 1 saturated heterocycles. The largest absolute Gasteiger partial charge is 0.340 e. The van der Waals surface area contributed by atoms with Crippen molar-refractivity contribution in [3.63, 3.8) is 0 Å². The van der Waals surface area contributed by atoms with Crippen molar-refractivity contribution in [3.05, 3.63) is 47.5 Å². The van der Waals surface area contributed by atoms with E-state index in [1.807, 2.05) is 46.7 Å². The molecule has 4 rings (SSSR count). The van der Waals surface area contributed by atoms with Crippen molar-refractivity contribution in [2.24, 2.45) is 0 Å². The lowest BCUT2D eigenvalue weighted by Crippen LogP contribution is -2.52. The van der Waals surface area contributed by atoms with E-state index in [1.165, 1.54) is 0 Å². The van der Waals surface area contributed by atoms with Gasteiger partial charge in [-0.25, -0.2) is 4.79 Å². The van der Waals surface area contributed by atoms with E-state index in [2.05, 4.69) is 15.5 Å². The summed E-state index contributed by atoms with van der Waals surface area (Å²) in [7, 11) is 0. The van der Waals surface area contributed by atoms with Gasteiger partial charge in [0.05, 0.1) is 0 Å². The van der Waals surface area contributed by atoms with E-state index in [9.17, 15) is 9.59 Å². The second-order valence-electron chi connectivity index (χ2n) is 7.03. The van der Waals surface area contributed by atoms with E-state index in [4.69, 9.17) is 0 Å². The van der Waals surface area contributed by atoms with Gasteiger partial charge in [0, 0.05) is 32.7 Å². The molecule has 1 fully saturated rings. The minimum Gasteiger partial charge on any atom is -0.340 e. The number of urea groups is 1. The predicted octanol–water partition coefficient (Wildman–Crippen LogP) is 1.48. The first-order valence-corrected chi connectivity index (χ1v) is 9.42. The summed E-state index contributed by atoms with van der Waals surface area (Å²) in [6.45, 7) is 4.82. The number of amides is 3. The number of likely N-dealkylation sites (tertiary alicyclic amines) is 1. The Morgan fingerprint density at radius 3 is 2.56 bits per heavy atom. The fourth-order valence-corrected chi connectivity index (χ4v) is 3.80. The van der Waals surface area contributed by atoms with Crippen molar-refractivity contribution in [3.8, 4) is 0 Å². The Bertz CT molecular complexity index is 828. The summed E-state index contributed by atoms with van der Waals surface area (Å²) in [4.78, 5) is 29.5. The molecule has 1 aromatic carbocycles. The molecule has 8 heteroatoms. The Morgan fingerprint density at radius 2 is 1.81 bits per heavy atom. The van der Waals surface area contributed by atoms with Gasteiger partial charge in [0.1, 0.15) is 5.82 Å². The summed E-state index contributed by atoms with van der Waals surface area (Å²) >= 11 is 0. The van der Waals surface area contributed by atoms with Gasteiger partial charge in [0.2, 0.25) is 0 Å². The monoisotopic (exact) mass is 368 g/mol. The third-order valence-electron chi connectivity index (χ3n) is 5.28. The van der Waals surface area contributed by atoms with Crippen molar-refractivity contribution in [1.82, 2.24) is 29.9 Å². The lowest BCUT2D eigenvalue weighted by Gasteiger charge is -2.36. The van der Waals surface area contributed by atoms with Crippen molar-refractivity contribution in [1.29, 1.82) is 0 Å². The molecule has 1 atom stereocenters. The normalized spacial score (nSPS) is 19.1. The smallest absolute Gasteiger partial charge is 0.318 e. The van der Waals surface area contributed by atoms with Gasteiger partial charge in [-0.2, -0.15) is 0 Å². The molecule has 0 bridgehead atoms. The maximum atomic E-state index is 13.2. The molecule has 3 heterocycles. The molecule has 2 aliphatic rings. The maximum absolute atomic E-state index is 13.2. The van der Waals surface area contributed by atoms with Crippen LogP contribution >= 0.6 is 0 Å². The Hall–Kier alpha value is -2.90. The molecule has 0 saturated carbocycles. The van der Waals surface area contributed by atoms with Gasteiger partial charge in [-0.15, -0.1) is 10.2 Å².